The minimum Gasteiger partial charge on any atom is -0.458 e. The van der Waals surface area contributed by atoms with Crippen molar-refractivity contribution in [2.24, 2.45) is 34.5 Å². The van der Waals surface area contributed by atoms with Crippen LogP contribution in [0, 0.1) is 34.5 Å². The van der Waals surface area contributed by atoms with Gasteiger partial charge in [-0.2, -0.15) is 0 Å². The van der Waals surface area contributed by atoms with Crippen LogP contribution in [0.3, 0.4) is 0 Å². The quantitative estimate of drug-likeness (QED) is 0.564. The Kier molecular flexibility index (Phi) is 3.27. The summed E-state index contributed by atoms with van der Waals surface area (Å²) in [5.74, 6) is 2.35. The second kappa shape index (κ2) is 5.18. The van der Waals surface area contributed by atoms with Gasteiger partial charge in [-0.3, -0.25) is 0 Å². The molecular weight excluding hydrogens is 340 g/mol. The van der Waals surface area contributed by atoms with E-state index < -0.39 is 0 Å². The first kappa shape index (κ1) is 17.0. The van der Waals surface area contributed by atoms with Gasteiger partial charge in [0.05, 0.1) is 12.2 Å². The first-order valence-corrected chi connectivity index (χ1v) is 11.1. The fourth-order valence-electron chi connectivity index (χ4n) is 8.82. The van der Waals surface area contributed by atoms with E-state index in [9.17, 15) is 9.90 Å². The van der Waals surface area contributed by atoms with Crippen LogP contribution in [0.1, 0.15) is 65.2 Å². The fourth-order valence-corrected chi connectivity index (χ4v) is 8.82. The highest BCUT2D eigenvalue weighted by atomic mass is 16.6. The largest absolute Gasteiger partial charge is 0.458 e. The number of carbonyl (C=O) groups excluding carboxylic acids is 1. The third kappa shape index (κ3) is 1.95. The molecule has 1 N–H and O–H groups in total. The lowest BCUT2D eigenvalue weighted by atomic mass is 9.44. The molecule has 9 atom stereocenters. The number of cyclic esters (lactones) is 1. The Morgan fingerprint density at radius 1 is 1.07 bits per heavy atom. The van der Waals surface area contributed by atoms with Crippen molar-refractivity contribution in [3.8, 4) is 0 Å². The lowest BCUT2D eigenvalue weighted by molar-refractivity contribution is -0.143. The van der Waals surface area contributed by atoms with Gasteiger partial charge in [0.2, 0.25) is 0 Å². The van der Waals surface area contributed by atoms with Gasteiger partial charge >= 0.3 is 5.97 Å². The van der Waals surface area contributed by atoms with Crippen molar-refractivity contribution in [3.05, 3.63) is 11.6 Å². The van der Waals surface area contributed by atoms with E-state index in [1.807, 2.05) is 0 Å². The van der Waals surface area contributed by atoms with Gasteiger partial charge in [0, 0.05) is 11.5 Å². The predicted molar refractivity (Wildman–Crippen MR) is 99.8 cm³/mol. The summed E-state index contributed by atoms with van der Waals surface area (Å²) in [6.45, 7) is 5.47. The number of carbonyl (C=O) groups is 1. The molecule has 0 aromatic rings. The maximum Gasteiger partial charge on any atom is 0.331 e. The molecule has 148 valence electrons. The van der Waals surface area contributed by atoms with Crippen molar-refractivity contribution in [2.45, 2.75) is 83.0 Å². The second-order valence-corrected chi connectivity index (χ2v) is 10.9. The molecule has 6 aliphatic rings. The van der Waals surface area contributed by atoms with Crippen LogP contribution in [0.4, 0.5) is 0 Å². The smallest absolute Gasteiger partial charge is 0.331 e. The molecular formula is C23H32O4. The molecule has 6 rings (SSSR count). The van der Waals surface area contributed by atoms with Gasteiger partial charge in [-0.25, -0.2) is 4.79 Å². The van der Waals surface area contributed by atoms with Gasteiger partial charge in [-0.05, 0) is 86.0 Å². The normalized spacial score (nSPS) is 58.5. The zero-order chi connectivity index (χ0) is 18.6. The summed E-state index contributed by atoms with van der Waals surface area (Å²) >= 11 is 0. The number of hydrogen-bond acceptors (Lipinski definition) is 4. The second-order valence-electron chi connectivity index (χ2n) is 10.9. The first-order valence-electron chi connectivity index (χ1n) is 11.1. The Balaban J connectivity index is 1.34. The zero-order valence-electron chi connectivity index (χ0n) is 16.6. The Bertz CT molecular complexity index is 730. The maximum absolute atomic E-state index is 11.7. The van der Waals surface area contributed by atoms with Gasteiger partial charge in [-0.15, -0.1) is 0 Å². The van der Waals surface area contributed by atoms with E-state index in [0.29, 0.717) is 35.9 Å². The third-order valence-electron chi connectivity index (χ3n) is 10.2. The van der Waals surface area contributed by atoms with E-state index in [-0.39, 0.29) is 23.1 Å². The summed E-state index contributed by atoms with van der Waals surface area (Å²) in [6.07, 6.45) is 11.3. The minimum atomic E-state index is -0.161. The van der Waals surface area contributed by atoms with Crippen molar-refractivity contribution in [1.29, 1.82) is 0 Å². The van der Waals surface area contributed by atoms with Crippen LogP contribution in [0.5, 0.6) is 0 Å². The van der Waals surface area contributed by atoms with Crippen LogP contribution in [0.25, 0.3) is 0 Å². The summed E-state index contributed by atoms with van der Waals surface area (Å²) in [6, 6.07) is 0. The van der Waals surface area contributed by atoms with E-state index >= 15 is 0 Å². The topological polar surface area (TPSA) is 59.1 Å². The van der Waals surface area contributed by atoms with Crippen molar-refractivity contribution < 1.29 is 19.4 Å². The van der Waals surface area contributed by atoms with Crippen LogP contribution in [0.2, 0.25) is 0 Å². The number of aliphatic hydroxyl groups is 1. The number of esters is 1. The highest BCUT2D eigenvalue weighted by Gasteiger charge is 2.80. The van der Waals surface area contributed by atoms with E-state index in [1.165, 1.54) is 37.7 Å². The van der Waals surface area contributed by atoms with E-state index in [1.54, 1.807) is 6.08 Å². The number of ether oxygens (including phenoxy) is 2. The van der Waals surface area contributed by atoms with Crippen molar-refractivity contribution >= 4 is 5.97 Å². The van der Waals surface area contributed by atoms with Crippen LogP contribution in [0.15, 0.2) is 11.6 Å². The summed E-state index contributed by atoms with van der Waals surface area (Å²) < 4.78 is 11.8. The Morgan fingerprint density at radius 2 is 1.93 bits per heavy atom. The molecule has 0 amide bonds. The summed E-state index contributed by atoms with van der Waals surface area (Å²) in [5.41, 5.74) is 1.78. The van der Waals surface area contributed by atoms with E-state index in [0.717, 1.165) is 25.2 Å². The van der Waals surface area contributed by atoms with Gasteiger partial charge in [-0.1, -0.05) is 13.8 Å². The highest BCUT2D eigenvalue weighted by molar-refractivity contribution is 5.85. The number of aliphatic hydroxyl groups excluding tert-OH is 1. The molecule has 4 nitrogen and oxygen atoms in total. The standard InChI is InChI=1S/C23H32O4/c1-21-7-5-15(24)10-14(21)3-4-17-16(21)6-8-22(2)18(11-19-23(17,22)27-19)13-9-20(25)26-12-13/h9,14-19,24H,3-8,10-12H2,1-2H3/t14-,15-,16+,17-,18-,19-,21+,22-,23-/m1/s1. The van der Waals surface area contributed by atoms with Crippen LogP contribution in [-0.4, -0.2) is 35.5 Å². The molecule has 2 aliphatic heterocycles. The van der Waals surface area contributed by atoms with Gasteiger partial charge in [0.25, 0.3) is 0 Å². The summed E-state index contributed by atoms with van der Waals surface area (Å²) in [7, 11) is 0. The molecule has 0 unspecified atom stereocenters. The van der Waals surface area contributed by atoms with E-state index in [4.69, 9.17) is 9.47 Å². The first-order chi connectivity index (χ1) is 12.9. The molecule has 2 heterocycles. The summed E-state index contributed by atoms with van der Waals surface area (Å²) in [4.78, 5) is 11.7. The molecule has 0 aromatic heterocycles. The maximum atomic E-state index is 11.7. The lowest BCUT2D eigenvalue weighted by Gasteiger charge is -2.61. The summed E-state index contributed by atoms with van der Waals surface area (Å²) in [5, 5.41) is 10.2. The number of epoxide rings is 1. The number of fused-ring (bicyclic) bond motifs is 3. The Morgan fingerprint density at radius 3 is 2.70 bits per heavy atom. The van der Waals surface area contributed by atoms with Crippen molar-refractivity contribution in [2.75, 3.05) is 6.61 Å². The zero-order valence-corrected chi connectivity index (χ0v) is 16.6. The monoisotopic (exact) mass is 372 g/mol. The molecule has 27 heavy (non-hydrogen) atoms. The van der Waals surface area contributed by atoms with Crippen LogP contribution in [-0.2, 0) is 14.3 Å². The molecule has 0 bridgehead atoms. The Hall–Kier alpha value is -0.870. The minimum absolute atomic E-state index is 0.0388. The van der Waals surface area contributed by atoms with E-state index in [2.05, 4.69) is 13.8 Å². The van der Waals surface area contributed by atoms with Crippen molar-refractivity contribution in [1.82, 2.24) is 0 Å². The SMILES string of the molecule is C[C@]12CC[C@@H](O)C[C@H]1CC[C@@H]1[C@@H]2CC[C@]2(C)[C@@H](C3=CC(=O)OC3)C[C@H]3O[C@]132. The fraction of sp³-hybridized carbons (Fsp3) is 0.870. The predicted octanol–water partition coefficient (Wildman–Crippen LogP) is 3.62. The number of hydrogen-bond donors (Lipinski definition) is 1. The molecule has 0 radical (unpaired) electrons. The highest BCUT2D eigenvalue weighted by Crippen LogP contribution is 2.77. The van der Waals surface area contributed by atoms with Gasteiger partial charge in [0.15, 0.2) is 0 Å². The van der Waals surface area contributed by atoms with Gasteiger partial charge < -0.3 is 14.6 Å². The lowest BCUT2D eigenvalue weighted by Crippen LogP contribution is -2.58. The average Bonchev–Trinajstić information content (AvgIpc) is 3.09. The molecule has 1 spiro atoms. The van der Waals surface area contributed by atoms with Crippen molar-refractivity contribution in [3.63, 3.8) is 0 Å². The molecule has 0 aromatic carbocycles. The molecule has 4 aliphatic carbocycles. The number of rotatable bonds is 1. The third-order valence-corrected chi connectivity index (χ3v) is 10.2. The van der Waals surface area contributed by atoms with Crippen LogP contribution < -0.4 is 0 Å². The molecule has 4 heteroatoms. The van der Waals surface area contributed by atoms with Gasteiger partial charge in [0.1, 0.15) is 12.2 Å². The molecule has 4 saturated carbocycles. The molecule has 1 saturated heterocycles. The average molecular weight is 373 g/mol. The Labute approximate surface area is 161 Å². The molecule has 5 fully saturated rings. The van der Waals surface area contributed by atoms with Crippen LogP contribution >= 0.6 is 0 Å².